The lowest BCUT2D eigenvalue weighted by Gasteiger charge is -2.21. The molecule has 0 aliphatic heterocycles. The summed E-state index contributed by atoms with van der Waals surface area (Å²) in [7, 11) is -2.15. The van der Waals surface area contributed by atoms with E-state index in [1.54, 1.807) is 7.11 Å². The Morgan fingerprint density at radius 2 is 1.77 bits per heavy atom. The van der Waals surface area contributed by atoms with Gasteiger partial charge < -0.3 is 9.47 Å². The number of carbonyl (C=O) groups excluding carboxylic acids is 3. The number of aryl methyl sites for hydroxylation is 1. The predicted molar refractivity (Wildman–Crippen MR) is 201 cm³/mol. The summed E-state index contributed by atoms with van der Waals surface area (Å²) in [5.74, 6) is -0.504. The quantitative estimate of drug-likeness (QED) is 0.230. The number of hydrogen-bond donors (Lipinski definition) is 1. The number of pyridine rings is 1. The van der Waals surface area contributed by atoms with Crippen LogP contribution in [0.3, 0.4) is 0 Å². The standard InChI is InChI=1S/C40H49N3O7S2/c1-23(2)32-22-51-38(42-32)31-19-36(28-15-16-35(49-4)24(3)37(28)41-31)50-26-17-29-30(18-26)34(45)21-40(39(46)43-52(47,48)27-13-14-27)20-25(40)11-9-7-5-6-8-10-12-33(29)44/h9,11,15-16,19,22-23,25-27,29-30H,5-8,10,12-14,17-18,20-21H2,1-4H3,(H,43,46)/b11-9-/t25?,26-,29+,30+,40+/m0/s1. The Morgan fingerprint density at radius 1 is 1.02 bits per heavy atom. The molecule has 2 heterocycles. The number of Topliss-reactive ketones (excluding diaryl/α,β-unsaturated/α-hetero) is 2. The van der Waals surface area contributed by atoms with Gasteiger partial charge in [0.2, 0.25) is 15.9 Å². The van der Waals surface area contributed by atoms with Crippen molar-refractivity contribution in [2.75, 3.05) is 7.11 Å². The number of benzene rings is 1. The Balaban J connectivity index is 1.20. The maximum absolute atomic E-state index is 14.4. The number of ketones is 2. The van der Waals surface area contributed by atoms with E-state index in [0.717, 1.165) is 59.3 Å². The van der Waals surface area contributed by atoms with Crippen LogP contribution in [0.1, 0.15) is 108 Å². The first-order valence-corrected chi connectivity index (χ1v) is 21.2. The van der Waals surface area contributed by atoms with Crippen LogP contribution in [0, 0.1) is 30.1 Å². The van der Waals surface area contributed by atoms with Crippen LogP contribution < -0.4 is 14.2 Å². The van der Waals surface area contributed by atoms with E-state index in [-0.39, 0.29) is 29.8 Å². The number of amides is 1. The van der Waals surface area contributed by atoms with Crippen molar-refractivity contribution in [3.63, 3.8) is 0 Å². The SMILES string of the molecule is COc1ccc2c(O[C@H]3C[C@H]4C(=O)CCCCCC/C=C\C5C[C@@]5(C(=O)NS(=O)(=O)C5CC5)CC(=O)[C@@H]4C3)cc(-c3nc(C(C)C)cs3)nc2c1C. The Labute approximate surface area is 310 Å². The van der Waals surface area contributed by atoms with Gasteiger partial charge in [-0.05, 0) is 82.3 Å². The van der Waals surface area contributed by atoms with E-state index in [4.69, 9.17) is 19.4 Å². The highest BCUT2D eigenvalue weighted by Crippen LogP contribution is 2.58. The van der Waals surface area contributed by atoms with Crippen LogP contribution in [-0.4, -0.2) is 54.3 Å². The largest absolute Gasteiger partial charge is 0.496 e. The van der Waals surface area contributed by atoms with Crippen LogP contribution in [0.25, 0.3) is 21.6 Å². The molecule has 1 amide bonds. The molecule has 278 valence electrons. The third-order valence-electron chi connectivity index (χ3n) is 11.5. The molecule has 1 N–H and O–H groups in total. The summed E-state index contributed by atoms with van der Waals surface area (Å²) in [4.78, 5) is 51.8. The number of hydrogen-bond acceptors (Lipinski definition) is 10. The molecule has 3 saturated carbocycles. The first-order chi connectivity index (χ1) is 24.9. The molecule has 4 aliphatic rings. The van der Waals surface area contributed by atoms with Crippen LogP contribution in [0.5, 0.6) is 11.5 Å². The van der Waals surface area contributed by atoms with E-state index < -0.39 is 44.5 Å². The molecule has 3 aromatic rings. The number of thiazole rings is 1. The Morgan fingerprint density at radius 3 is 2.48 bits per heavy atom. The van der Waals surface area contributed by atoms with Gasteiger partial charge in [-0.2, -0.15) is 0 Å². The van der Waals surface area contributed by atoms with Gasteiger partial charge in [-0.15, -0.1) is 11.3 Å². The maximum atomic E-state index is 14.4. The Kier molecular flexibility index (Phi) is 10.3. The molecule has 5 atom stereocenters. The minimum Gasteiger partial charge on any atom is -0.496 e. The molecule has 1 unspecified atom stereocenters. The summed E-state index contributed by atoms with van der Waals surface area (Å²) in [5.41, 5.74) is 2.14. The highest BCUT2D eigenvalue weighted by Gasteiger charge is 2.61. The van der Waals surface area contributed by atoms with Gasteiger partial charge in [0.1, 0.15) is 39.9 Å². The lowest BCUT2D eigenvalue weighted by Crippen LogP contribution is -2.41. The number of nitrogens with zero attached hydrogens (tertiary/aromatic N) is 2. The molecule has 3 fully saturated rings. The topological polar surface area (TPSA) is 142 Å². The summed E-state index contributed by atoms with van der Waals surface area (Å²) in [5, 5.41) is 3.08. The van der Waals surface area contributed by atoms with E-state index in [1.807, 2.05) is 36.6 Å². The van der Waals surface area contributed by atoms with Gasteiger partial charge in [0.15, 0.2) is 0 Å². The van der Waals surface area contributed by atoms with Gasteiger partial charge in [-0.3, -0.25) is 19.1 Å². The third-order valence-corrected chi connectivity index (χ3v) is 14.2. The second-order valence-corrected chi connectivity index (χ2v) is 18.4. The number of carbonyl (C=O) groups is 3. The molecule has 1 aromatic carbocycles. The fourth-order valence-corrected chi connectivity index (χ4v) is 10.4. The molecule has 0 bridgehead atoms. The van der Waals surface area contributed by atoms with Gasteiger partial charge in [0.25, 0.3) is 0 Å². The average molecular weight is 748 g/mol. The number of rotatable bonds is 8. The zero-order valence-corrected chi connectivity index (χ0v) is 32.1. The highest BCUT2D eigenvalue weighted by molar-refractivity contribution is 7.90. The third kappa shape index (κ3) is 7.42. The number of sulfonamides is 1. The number of ether oxygens (including phenoxy) is 2. The Bertz CT molecular complexity index is 2020. The molecule has 0 saturated heterocycles. The molecule has 7 rings (SSSR count). The normalized spacial score (nSPS) is 27.7. The van der Waals surface area contributed by atoms with Gasteiger partial charge in [-0.1, -0.05) is 38.8 Å². The molecular formula is C40H49N3O7S2. The lowest BCUT2D eigenvalue weighted by molar-refractivity contribution is -0.134. The van der Waals surface area contributed by atoms with Crippen molar-refractivity contribution < 1.29 is 32.3 Å². The minimum absolute atomic E-state index is 0.0597. The van der Waals surface area contributed by atoms with Crippen LogP contribution in [0.4, 0.5) is 0 Å². The highest BCUT2D eigenvalue weighted by atomic mass is 32.2. The Hall–Kier alpha value is -3.64. The number of methoxy groups -OCH3 is 1. The van der Waals surface area contributed by atoms with E-state index in [1.165, 1.54) is 11.3 Å². The van der Waals surface area contributed by atoms with Crippen molar-refractivity contribution in [1.29, 1.82) is 0 Å². The van der Waals surface area contributed by atoms with Crippen LogP contribution >= 0.6 is 11.3 Å². The van der Waals surface area contributed by atoms with E-state index in [2.05, 4.69) is 24.6 Å². The zero-order valence-electron chi connectivity index (χ0n) is 30.5. The number of nitrogens with one attached hydrogen (secondary N) is 1. The lowest BCUT2D eigenvalue weighted by atomic mass is 9.82. The summed E-state index contributed by atoms with van der Waals surface area (Å²) in [6.07, 6.45) is 10.6. The summed E-state index contributed by atoms with van der Waals surface area (Å²) in [6, 6.07) is 5.73. The van der Waals surface area contributed by atoms with Crippen molar-refractivity contribution in [3.05, 3.63) is 47.0 Å². The average Bonchev–Trinajstić information content (AvgIpc) is 3.98. The van der Waals surface area contributed by atoms with Crippen molar-refractivity contribution >= 4 is 49.7 Å². The molecule has 4 aliphatic carbocycles. The second kappa shape index (κ2) is 14.6. The fourth-order valence-electron chi connectivity index (χ4n) is 8.08. The zero-order chi connectivity index (χ0) is 36.8. The van der Waals surface area contributed by atoms with Gasteiger partial charge >= 0.3 is 0 Å². The summed E-state index contributed by atoms with van der Waals surface area (Å²) < 4.78 is 40.4. The minimum atomic E-state index is -3.78. The molecule has 2 aromatic heterocycles. The first-order valence-electron chi connectivity index (χ1n) is 18.8. The van der Waals surface area contributed by atoms with E-state index in [0.29, 0.717) is 55.7 Å². The molecule has 0 radical (unpaired) electrons. The van der Waals surface area contributed by atoms with Crippen molar-refractivity contribution in [2.24, 2.45) is 23.2 Å². The molecule has 12 heteroatoms. The summed E-state index contributed by atoms with van der Waals surface area (Å²) in [6.45, 7) is 6.17. The maximum Gasteiger partial charge on any atom is 0.240 e. The number of aromatic nitrogens is 2. The van der Waals surface area contributed by atoms with Gasteiger partial charge in [0.05, 0.1) is 29.0 Å². The van der Waals surface area contributed by atoms with Crippen molar-refractivity contribution in [1.82, 2.24) is 14.7 Å². The first kappa shape index (κ1) is 36.7. The molecule has 10 nitrogen and oxygen atoms in total. The number of allylic oxidation sites excluding steroid dienone is 2. The second-order valence-electron chi connectivity index (χ2n) is 15.6. The van der Waals surface area contributed by atoms with Crippen LogP contribution in [0.15, 0.2) is 35.7 Å². The molecule has 0 spiro atoms. The van der Waals surface area contributed by atoms with Crippen LogP contribution in [0.2, 0.25) is 0 Å². The number of fused-ring (bicyclic) bond motifs is 3. The van der Waals surface area contributed by atoms with Crippen LogP contribution in [-0.2, 0) is 24.4 Å². The predicted octanol–water partition coefficient (Wildman–Crippen LogP) is 7.63. The monoisotopic (exact) mass is 747 g/mol. The fraction of sp³-hybridized carbons (Fsp3) is 0.575. The van der Waals surface area contributed by atoms with Gasteiger partial charge in [-0.25, -0.2) is 18.4 Å². The smallest absolute Gasteiger partial charge is 0.240 e. The van der Waals surface area contributed by atoms with E-state index >= 15 is 0 Å². The van der Waals surface area contributed by atoms with Crippen molar-refractivity contribution in [2.45, 2.75) is 115 Å². The molecule has 52 heavy (non-hydrogen) atoms. The molecular weight excluding hydrogens is 699 g/mol. The van der Waals surface area contributed by atoms with Gasteiger partial charge in [0, 0.05) is 47.1 Å². The van der Waals surface area contributed by atoms with Crippen molar-refractivity contribution in [3.8, 4) is 22.2 Å². The summed E-state index contributed by atoms with van der Waals surface area (Å²) >= 11 is 1.53. The van der Waals surface area contributed by atoms with E-state index in [9.17, 15) is 22.8 Å².